The molecule has 3 aromatic rings. The largest absolute Gasteiger partial charge is 0.497 e. The first-order chi connectivity index (χ1) is 17.8. The van der Waals surface area contributed by atoms with Crippen molar-refractivity contribution >= 4 is 10.9 Å². The standard InChI is InChI=1S/C29H30F4N2O2/c1-37-23-9-11-28-25(17-23)24(12-14-34-28)27(30)10-8-20-13-16-35(18-22(20)19-36)15-4-6-21-5-2-3-7-26(21)29(31,32)33/h2-3,5,7,9,11-12,14,17,20,22,27,36H,8,10,13,15-16,18-19H2,1H3/t20-,22-,27+/m1/s1. The third-order valence-corrected chi connectivity index (χ3v) is 7.08. The summed E-state index contributed by atoms with van der Waals surface area (Å²) in [6, 6.07) is 12.4. The van der Waals surface area contributed by atoms with Gasteiger partial charge in [0.05, 0.1) is 24.7 Å². The van der Waals surface area contributed by atoms with Crippen LogP contribution in [0.2, 0.25) is 0 Å². The van der Waals surface area contributed by atoms with Gasteiger partial charge in [0, 0.05) is 30.3 Å². The molecule has 2 aromatic carbocycles. The molecule has 0 amide bonds. The number of hydrogen-bond acceptors (Lipinski definition) is 4. The van der Waals surface area contributed by atoms with E-state index in [2.05, 4.69) is 16.8 Å². The second-order valence-corrected chi connectivity index (χ2v) is 9.40. The highest BCUT2D eigenvalue weighted by atomic mass is 19.4. The Kier molecular flexibility index (Phi) is 8.67. The number of hydrogen-bond donors (Lipinski definition) is 1. The number of alkyl halides is 4. The maximum atomic E-state index is 15.4. The van der Waals surface area contributed by atoms with Gasteiger partial charge in [-0.1, -0.05) is 24.0 Å². The quantitative estimate of drug-likeness (QED) is 0.309. The van der Waals surface area contributed by atoms with E-state index in [1.807, 2.05) is 11.0 Å². The van der Waals surface area contributed by atoms with Gasteiger partial charge in [-0.3, -0.25) is 9.88 Å². The van der Waals surface area contributed by atoms with Gasteiger partial charge in [0.1, 0.15) is 11.9 Å². The van der Waals surface area contributed by atoms with Crippen molar-refractivity contribution in [1.82, 2.24) is 9.88 Å². The Labute approximate surface area is 214 Å². The number of halogens is 4. The second-order valence-electron chi connectivity index (χ2n) is 9.40. The minimum atomic E-state index is -4.45. The number of fused-ring (bicyclic) bond motifs is 1. The van der Waals surface area contributed by atoms with Crippen LogP contribution in [0.5, 0.6) is 5.75 Å². The van der Waals surface area contributed by atoms with Crippen LogP contribution in [-0.2, 0) is 6.18 Å². The maximum absolute atomic E-state index is 15.4. The highest BCUT2D eigenvalue weighted by Crippen LogP contribution is 2.35. The molecule has 0 aliphatic carbocycles. The molecular formula is C29H30F4N2O2. The lowest BCUT2D eigenvalue weighted by molar-refractivity contribution is -0.137. The lowest BCUT2D eigenvalue weighted by atomic mass is 9.81. The lowest BCUT2D eigenvalue weighted by Crippen LogP contribution is -2.42. The summed E-state index contributed by atoms with van der Waals surface area (Å²) >= 11 is 0. The number of aliphatic hydroxyl groups is 1. The fourth-order valence-electron chi connectivity index (χ4n) is 5.04. The van der Waals surface area contributed by atoms with Crippen LogP contribution >= 0.6 is 0 Å². The van der Waals surface area contributed by atoms with E-state index in [1.54, 1.807) is 31.5 Å². The Morgan fingerprint density at radius 1 is 1.16 bits per heavy atom. The molecule has 0 unspecified atom stereocenters. The van der Waals surface area contributed by atoms with Gasteiger partial charge in [-0.15, -0.1) is 0 Å². The summed E-state index contributed by atoms with van der Waals surface area (Å²) < 4.78 is 60.2. The Morgan fingerprint density at radius 2 is 1.97 bits per heavy atom. The van der Waals surface area contributed by atoms with Crippen molar-refractivity contribution in [3.63, 3.8) is 0 Å². The fourth-order valence-corrected chi connectivity index (χ4v) is 5.04. The Bertz CT molecular complexity index is 1270. The number of likely N-dealkylation sites (tertiary alicyclic amines) is 1. The van der Waals surface area contributed by atoms with Crippen LogP contribution in [0, 0.1) is 23.7 Å². The molecule has 1 aromatic heterocycles. The third kappa shape index (κ3) is 6.60. The van der Waals surface area contributed by atoms with Crippen molar-refractivity contribution < 1.29 is 27.4 Å². The van der Waals surface area contributed by atoms with Crippen molar-refractivity contribution in [1.29, 1.82) is 0 Å². The minimum Gasteiger partial charge on any atom is -0.497 e. The van der Waals surface area contributed by atoms with Crippen LogP contribution in [0.3, 0.4) is 0 Å². The molecule has 1 aliphatic rings. The molecular weight excluding hydrogens is 484 g/mol. The number of benzene rings is 2. The molecule has 4 nitrogen and oxygen atoms in total. The number of aromatic nitrogens is 1. The summed E-state index contributed by atoms with van der Waals surface area (Å²) in [7, 11) is 1.57. The zero-order chi connectivity index (χ0) is 26.4. The van der Waals surface area contributed by atoms with Gasteiger partial charge in [-0.2, -0.15) is 13.2 Å². The van der Waals surface area contributed by atoms with Crippen molar-refractivity contribution in [3.8, 4) is 17.6 Å². The SMILES string of the molecule is COc1ccc2nccc([C@@H](F)CC[C@@H]3CCN(CC#Cc4ccccc4C(F)(F)F)C[C@@H]3CO)c2c1. The topological polar surface area (TPSA) is 45.6 Å². The first-order valence-corrected chi connectivity index (χ1v) is 12.3. The van der Waals surface area contributed by atoms with Crippen LogP contribution in [0.1, 0.15) is 42.1 Å². The molecule has 4 rings (SSSR count). The van der Waals surface area contributed by atoms with E-state index in [4.69, 9.17) is 4.74 Å². The van der Waals surface area contributed by atoms with E-state index < -0.39 is 17.9 Å². The van der Waals surface area contributed by atoms with Crippen molar-refractivity contribution in [3.05, 3.63) is 71.4 Å². The molecule has 2 heterocycles. The summed E-state index contributed by atoms with van der Waals surface area (Å²) in [6.45, 7) is 1.55. The van der Waals surface area contributed by atoms with E-state index in [1.165, 1.54) is 18.2 Å². The van der Waals surface area contributed by atoms with E-state index >= 15 is 4.39 Å². The van der Waals surface area contributed by atoms with Crippen molar-refractivity contribution in [2.24, 2.45) is 11.8 Å². The number of methoxy groups -OCH3 is 1. The van der Waals surface area contributed by atoms with Gasteiger partial charge in [0.25, 0.3) is 0 Å². The number of pyridine rings is 1. The maximum Gasteiger partial charge on any atom is 0.417 e. The molecule has 37 heavy (non-hydrogen) atoms. The summed E-state index contributed by atoms with van der Waals surface area (Å²) in [5.41, 5.74) is 0.507. The molecule has 1 saturated heterocycles. The van der Waals surface area contributed by atoms with Gasteiger partial charge in [-0.05, 0) is 79.6 Å². The van der Waals surface area contributed by atoms with Gasteiger partial charge in [-0.25, -0.2) is 4.39 Å². The zero-order valence-corrected chi connectivity index (χ0v) is 20.6. The number of piperidine rings is 1. The minimum absolute atomic E-state index is 0.0299. The van der Waals surface area contributed by atoms with Gasteiger partial charge in [0.2, 0.25) is 0 Å². The predicted octanol–water partition coefficient (Wildman–Crippen LogP) is 6.04. The predicted molar refractivity (Wildman–Crippen MR) is 135 cm³/mol. The molecule has 8 heteroatoms. The van der Waals surface area contributed by atoms with Crippen LogP contribution in [0.25, 0.3) is 10.9 Å². The Balaban J connectivity index is 1.35. The number of rotatable bonds is 7. The number of nitrogens with zero attached hydrogens (tertiary/aromatic N) is 2. The van der Waals surface area contributed by atoms with E-state index in [-0.39, 0.29) is 24.0 Å². The molecule has 0 radical (unpaired) electrons. The normalized spacial score (nSPS) is 19.3. The Morgan fingerprint density at radius 3 is 2.73 bits per heavy atom. The molecule has 1 aliphatic heterocycles. The highest BCUT2D eigenvalue weighted by molar-refractivity contribution is 5.83. The third-order valence-electron chi connectivity index (χ3n) is 7.08. The summed E-state index contributed by atoms with van der Waals surface area (Å²) in [4.78, 5) is 6.35. The summed E-state index contributed by atoms with van der Waals surface area (Å²) in [6.07, 6.45) is -2.29. The van der Waals surface area contributed by atoms with Crippen molar-refractivity contribution in [2.75, 3.05) is 33.4 Å². The molecule has 3 atom stereocenters. The molecule has 1 fully saturated rings. The van der Waals surface area contributed by atoms with Gasteiger partial charge >= 0.3 is 6.18 Å². The molecule has 0 spiro atoms. The molecule has 196 valence electrons. The highest BCUT2D eigenvalue weighted by Gasteiger charge is 2.33. The zero-order valence-electron chi connectivity index (χ0n) is 20.6. The van der Waals surface area contributed by atoms with E-state index in [9.17, 15) is 18.3 Å². The van der Waals surface area contributed by atoms with E-state index in [0.717, 1.165) is 17.9 Å². The first kappa shape index (κ1) is 26.9. The van der Waals surface area contributed by atoms with Crippen LogP contribution in [0.15, 0.2) is 54.7 Å². The van der Waals surface area contributed by atoms with Gasteiger partial charge < -0.3 is 9.84 Å². The molecule has 1 N–H and O–H groups in total. The number of aliphatic hydroxyl groups excluding tert-OH is 1. The fraction of sp³-hybridized carbons (Fsp3) is 0.414. The molecule has 0 bridgehead atoms. The smallest absolute Gasteiger partial charge is 0.417 e. The first-order valence-electron chi connectivity index (χ1n) is 12.3. The summed E-state index contributed by atoms with van der Waals surface area (Å²) in [5.74, 6) is 6.27. The number of ether oxygens (including phenoxy) is 1. The average Bonchev–Trinajstić information content (AvgIpc) is 2.91. The molecule has 0 saturated carbocycles. The average molecular weight is 515 g/mol. The van der Waals surface area contributed by atoms with Crippen LogP contribution in [-0.4, -0.2) is 48.3 Å². The monoisotopic (exact) mass is 514 g/mol. The summed E-state index contributed by atoms with van der Waals surface area (Å²) in [5, 5.41) is 10.7. The lowest BCUT2D eigenvalue weighted by Gasteiger charge is -2.37. The second kappa shape index (κ2) is 11.9. The van der Waals surface area contributed by atoms with E-state index in [0.29, 0.717) is 49.3 Å². The van der Waals surface area contributed by atoms with Crippen LogP contribution in [0.4, 0.5) is 17.6 Å². The Hall–Kier alpha value is -3.15. The van der Waals surface area contributed by atoms with Gasteiger partial charge in [0.15, 0.2) is 0 Å². The van der Waals surface area contributed by atoms with Crippen molar-refractivity contribution in [2.45, 2.75) is 31.6 Å². The van der Waals surface area contributed by atoms with Crippen LogP contribution < -0.4 is 4.74 Å².